The van der Waals surface area contributed by atoms with Crippen molar-refractivity contribution in [2.45, 2.75) is 39.3 Å². The van der Waals surface area contributed by atoms with Gasteiger partial charge in [-0.3, -0.25) is 4.68 Å². The van der Waals surface area contributed by atoms with Crippen molar-refractivity contribution >= 4 is 11.6 Å². The average Bonchev–Trinajstić information content (AvgIpc) is 2.45. The minimum atomic E-state index is -0.0627. The van der Waals surface area contributed by atoms with E-state index >= 15 is 0 Å². The third kappa shape index (κ3) is 2.97. The smallest absolute Gasteiger partial charge is 0.0847 e. The van der Waals surface area contributed by atoms with Crippen molar-refractivity contribution in [2.75, 3.05) is 6.61 Å². The summed E-state index contributed by atoms with van der Waals surface area (Å²) in [5, 5.41) is 4.97. The summed E-state index contributed by atoms with van der Waals surface area (Å²) < 4.78 is 7.25. The highest BCUT2D eigenvalue weighted by Gasteiger charge is 2.18. The van der Waals surface area contributed by atoms with E-state index in [-0.39, 0.29) is 12.1 Å². The number of nitrogens with zero attached hydrogens (tertiary/aromatic N) is 2. The Balaban J connectivity index is 2.72. The Morgan fingerprint density at radius 3 is 2.62 bits per heavy atom. The van der Waals surface area contributed by atoms with E-state index in [1.54, 1.807) is 4.68 Å². The van der Waals surface area contributed by atoms with Crippen LogP contribution in [-0.4, -0.2) is 28.5 Å². The van der Waals surface area contributed by atoms with Gasteiger partial charge in [0, 0.05) is 26.1 Å². The van der Waals surface area contributed by atoms with Crippen LogP contribution in [0.5, 0.6) is 0 Å². The summed E-state index contributed by atoms with van der Waals surface area (Å²) in [5.74, 6) is 0. The van der Waals surface area contributed by atoms with Crippen molar-refractivity contribution in [3.63, 3.8) is 0 Å². The fourth-order valence-corrected chi connectivity index (χ4v) is 1.91. The lowest BCUT2D eigenvalue weighted by atomic mass is 10.1. The first-order chi connectivity index (χ1) is 7.47. The molecule has 0 aliphatic carbocycles. The van der Waals surface area contributed by atoms with Crippen LogP contribution in [0.25, 0.3) is 0 Å². The second-order valence-corrected chi connectivity index (χ2v) is 4.38. The van der Waals surface area contributed by atoms with Crippen molar-refractivity contribution in [3.8, 4) is 0 Å². The van der Waals surface area contributed by atoms with Crippen LogP contribution in [0.4, 0.5) is 0 Å². The molecule has 0 aliphatic heterocycles. The third-order valence-corrected chi connectivity index (χ3v) is 3.21. The van der Waals surface area contributed by atoms with E-state index < -0.39 is 0 Å². The van der Waals surface area contributed by atoms with E-state index in [1.807, 2.05) is 27.8 Å². The molecule has 5 heteroatoms. The molecule has 1 aromatic heterocycles. The Labute approximate surface area is 102 Å². The molecule has 16 heavy (non-hydrogen) atoms. The second-order valence-electron chi connectivity index (χ2n) is 4.00. The predicted molar refractivity (Wildman–Crippen MR) is 65.7 cm³/mol. The third-order valence-electron chi connectivity index (χ3n) is 2.72. The molecule has 1 aromatic rings. The number of nitrogens with two attached hydrogens (primary N) is 1. The first-order valence-electron chi connectivity index (χ1n) is 5.52. The quantitative estimate of drug-likeness (QED) is 0.859. The number of aryl methyl sites for hydroxylation is 2. The SMILES string of the molecule is CCOC(C)C(N)Cc1c(Cl)c(C)nn1C. The van der Waals surface area contributed by atoms with Gasteiger partial charge in [0.25, 0.3) is 0 Å². The molecule has 0 radical (unpaired) electrons. The molecule has 0 saturated carbocycles. The minimum Gasteiger partial charge on any atom is -0.377 e. The monoisotopic (exact) mass is 245 g/mol. The van der Waals surface area contributed by atoms with Crippen LogP contribution in [0.2, 0.25) is 5.02 Å². The van der Waals surface area contributed by atoms with Gasteiger partial charge < -0.3 is 10.5 Å². The zero-order valence-electron chi connectivity index (χ0n) is 10.3. The summed E-state index contributed by atoms with van der Waals surface area (Å²) >= 11 is 6.16. The maximum atomic E-state index is 6.16. The Morgan fingerprint density at radius 1 is 1.56 bits per heavy atom. The topological polar surface area (TPSA) is 53.1 Å². The Morgan fingerprint density at radius 2 is 2.19 bits per heavy atom. The zero-order chi connectivity index (χ0) is 12.3. The summed E-state index contributed by atoms with van der Waals surface area (Å²) in [7, 11) is 1.88. The van der Waals surface area contributed by atoms with Crippen LogP contribution in [-0.2, 0) is 18.2 Å². The van der Waals surface area contributed by atoms with Crippen molar-refractivity contribution in [2.24, 2.45) is 12.8 Å². The fraction of sp³-hybridized carbons (Fsp3) is 0.727. The molecule has 0 amide bonds. The molecule has 2 unspecified atom stereocenters. The molecule has 1 heterocycles. The summed E-state index contributed by atoms with van der Waals surface area (Å²) in [4.78, 5) is 0. The highest BCUT2D eigenvalue weighted by Crippen LogP contribution is 2.21. The van der Waals surface area contributed by atoms with Crippen LogP contribution in [0.3, 0.4) is 0 Å². The molecular weight excluding hydrogens is 226 g/mol. The molecule has 0 aromatic carbocycles. The minimum absolute atomic E-state index is 0.0243. The number of aromatic nitrogens is 2. The van der Waals surface area contributed by atoms with Gasteiger partial charge in [0.1, 0.15) is 0 Å². The first-order valence-corrected chi connectivity index (χ1v) is 5.90. The van der Waals surface area contributed by atoms with Crippen LogP contribution < -0.4 is 5.73 Å². The maximum absolute atomic E-state index is 6.16. The number of halogens is 1. The van der Waals surface area contributed by atoms with E-state index in [1.165, 1.54) is 0 Å². The van der Waals surface area contributed by atoms with Gasteiger partial charge in [-0.25, -0.2) is 0 Å². The predicted octanol–water partition coefficient (Wildman–Crippen LogP) is 1.68. The molecule has 1 rings (SSSR count). The largest absolute Gasteiger partial charge is 0.377 e. The average molecular weight is 246 g/mol. The number of rotatable bonds is 5. The number of ether oxygens (including phenoxy) is 1. The Bertz CT molecular complexity index is 351. The molecular formula is C11H20ClN3O. The van der Waals surface area contributed by atoms with Gasteiger partial charge >= 0.3 is 0 Å². The fourth-order valence-electron chi connectivity index (χ4n) is 1.68. The molecule has 0 saturated heterocycles. The Kier molecular flexibility index (Phi) is 4.77. The van der Waals surface area contributed by atoms with Gasteiger partial charge in [0.15, 0.2) is 0 Å². The molecule has 2 atom stereocenters. The zero-order valence-corrected chi connectivity index (χ0v) is 11.1. The van der Waals surface area contributed by atoms with Gasteiger partial charge in [0.05, 0.1) is 22.5 Å². The van der Waals surface area contributed by atoms with E-state index in [9.17, 15) is 0 Å². The van der Waals surface area contributed by atoms with Crippen molar-refractivity contribution in [1.29, 1.82) is 0 Å². The highest BCUT2D eigenvalue weighted by atomic mass is 35.5. The van der Waals surface area contributed by atoms with E-state index in [0.717, 1.165) is 11.4 Å². The van der Waals surface area contributed by atoms with Crippen molar-refractivity contribution < 1.29 is 4.74 Å². The molecule has 0 fully saturated rings. The maximum Gasteiger partial charge on any atom is 0.0847 e. The first kappa shape index (κ1) is 13.5. The standard InChI is InChI=1S/C11H20ClN3O/c1-5-16-8(3)9(13)6-10-11(12)7(2)14-15(10)4/h8-9H,5-6,13H2,1-4H3. The summed E-state index contributed by atoms with van der Waals surface area (Å²) in [6, 6.07) is -0.0627. The van der Waals surface area contributed by atoms with Gasteiger partial charge in [-0.1, -0.05) is 11.6 Å². The second kappa shape index (κ2) is 5.66. The number of hydrogen-bond donors (Lipinski definition) is 1. The molecule has 0 bridgehead atoms. The molecule has 4 nitrogen and oxygen atoms in total. The Hall–Kier alpha value is -0.580. The van der Waals surface area contributed by atoms with E-state index in [2.05, 4.69) is 5.10 Å². The lowest BCUT2D eigenvalue weighted by Crippen LogP contribution is -2.37. The van der Waals surface area contributed by atoms with Gasteiger partial charge in [-0.15, -0.1) is 0 Å². The molecule has 92 valence electrons. The van der Waals surface area contributed by atoms with Crippen molar-refractivity contribution in [3.05, 3.63) is 16.4 Å². The normalized spacial score (nSPS) is 15.1. The molecule has 0 aliphatic rings. The summed E-state index contributed by atoms with van der Waals surface area (Å²) in [5.41, 5.74) is 7.87. The number of hydrogen-bond acceptors (Lipinski definition) is 3. The van der Waals surface area contributed by atoms with Crippen LogP contribution in [0.15, 0.2) is 0 Å². The summed E-state index contributed by atoms with van der Waals surface area (Å²) in [6.45, 7) is 6.51. The van der Waals surface area contributed by atoms with Gasteiger partial charge in [0.2, 0.25) is 0 Å². The van der Waals surface area contributed by atoms with Crippen LogP contribution in [0, 0.1) is 6.92 Å². The van der Waals surface area contributed by atoms with Crippen molar-refractivity contribution in [1.82, 2.24) is 9.78 Å². The van der Waals surface area contributed by atoms with Gasteiger partial charge in [-0.05, 0) is 20.8 Å². The highest BCUT2D eigenvalue weighted by molar-refractivity contribution is 6.31. The lowest BCUT2D eigenvalue weighted by molar-refractivity contribution is 0.0573. The molecule has 2 N–H and O–H groups in total. The lowest BCUT2D eigenvalue weighted by Gasteiger charge is -2.19. The summed E-state index contributed by atoms with van der Waals surface area (Å²) in [6.07, 6.45) is 0.702. The van der Waals surface area contributed by atoms with Crippen LogP contribution in [0.1, 0.15) is 25.2 Å². The van der Waals surface area contributed by atoms with E-state index in [0.29, 0.717) is 18.1 Å². The molecule has 0 spiro atoms. The van der Waals surface area contributed by atoms with Gasteiger partial charge in [-0.2, -0.15) is 5.10 Å². The van der Waals surface area contributed by atoms with E-state index in [4.69, 9.17) is 22.1 Å². The van der Waals surface area contributed by atoms with Crippen LogP contribution >= 0.6 is 11.6 Å².